The molecule has 2 heterocycles. The van der Waals surface area contributed by atoms with Crippen molar-refractivity contribution in [2.75, 3.05) is 6.61 Å². The summed E-state index contributed by atoms with van der Waals surface area (Å²) in [6, 6.07) is 13.3. The van der Waals surface area contributed by atoms with E-state index in [1.54, 1.807) is 13.8 Å². The highest BCUT2D eigenvalue weighted by molar-refractivity contribution is 9.10. The molecule has 4 rings (SSSR count). The molecule has 1 aromatic heterocycles. The van der Waals surface area contributed by atoms with E-state index in [0.29, 0.717) is 17.9 Å². The fourth-order valence-corrected chi connectivity index (χ4v) is 4.31. The normalized spacial score (nSPS) is 17.5. The zero-order chi connectivity index (χ0) is 21.5. The molecule has 7 heteroatoms. The van der Waals surface area contributed by atoms with Gasteiger partial charge in [0.15, 0.2) is 5.92 Å². The van der Waals surface area contributed by atoms with E-state index in [2.05, 4.69) is 20.9 Å². The molecule has 1 N–H and O–H groups in total. The zero-order valence-corrected chi connectivity index (χ0v) is 18.5. The number of para-hydroxylation sites is 1. The van der Waals surface area contributed by atoms with Gasteiger partial charge in [-0.25, -0.2) is 0 Å². The molecule has 1 atom stereocenters. The Morgan fingerprint density at radius 1 is 1.10 bits per heavy atom. The minimum atomic E-state index is -1.30. The molecule has 0 saturated carbocycles. The van der Waals surface area contributed by atoms with E-state index < -0.39 is 29.6 Å². The van der Waals surface area contributed by atoms with Crippen molar-refractivity contribution in [2.24, 2.45) is 5.92 Å². The number of ether oxygens (including phenoxy) is 3. The van der Waals surface area contributed by atoms with Gasteiger partial charge in [-0.1, -0.05) is 34.1 Å². The number of hydrogen-bond donors (Lipinski definition) is 1. The summed E-state index contributed by atoms with van der Waals surface area (Å²) in [7, 11) is 0. The highest BCUT2D eigenvalue weighted by atomic mass is 79.9. The molecule has 30 heavy (non-hydrogen) atoms. The molecule has 1 fully saturated rings. The summed E-state index contributed by atoms with van der Waals surface area (Å²) in [4.78, 5) is 29.3. The van der Waals surface area contributed by atoms with E-state index >= 15 is 0 Å². The van der Waals surface area contributed by atoms with Crippen LogP contribution in [-0.4, -0.2) is 29.3 Å². The van der Waals surface area contributed by atoms with Crippen LogP contribution in [0.25, 0.3) is 10.9 Å². The van der Waals surface area contributed by atoms with Crippen LogP contribution in [0.15, 0.2) is 53.1 Å². The van der Waals surface area contributed by atoms with Gasteiger partial charge in [0, 0.05) is 46.9 Å². The number of rotatable bonds is 5. The van der Waals surface area contributed by atoms with Crippen LogP contribution in [0.3, 0.4) is 0 Å². The lowest BCUT2D eigenvalue weighted by molar-refractivity contribution is -0.240. The average Bonchev–Trinajstić information content (AvgIpc) is 3.09. The Balaban J connectivity index is 1.94. The molecule has 1 aliphatic heterocycles. The Labute approximate surface area is 182 Å². The average molecular weight is 472 g/mol. The number of benzene rings is 2. The maximum absolute atomic E-state index is 13.0. The fraction of sp³-hybridized carbons (Fsp3) is 0.304. The van der Waals surface area contributed by atoms with Crippen LogP contribution in [0, 0.1) is 5.92 Å². The Bertz CT molecular complexity index is 1100. The minimum Gasteiger partial charge on any atom is -0.494 e. The minimum absolute atomic E-state index is 0.446. The maximum atomic E-state index is 13.0. The fourth-order valence-electron chi connectivity index (χ4n) is 3.93. The van der Waals surface area contributed by atoms with E-state index in [1.807, 2.05) is 55.6 Å². The smallest absolute Gasteiger partial charge is 0.324 e. The van der Waals surface area contributed by atoms with Gasteiger partial charge in [-0.05, 0) is 36.8 Å². The summed E-state index contributed by atoms with van der Waals surface area (Å²) in [6.45, 7) is 5.43. The quantitative estimate of drug-likeness (QED) is 0.422. The van der Waals surface area contributed by atoms with Gasteiger partial charge >= 0.3 is 11.9 Å². The van der Waals surface area contributed by atoms with Gasteiger partial charge < -0.3 is 19.2 Å². The number of aromatic amines is 1. The van der Waals surface area contributed by atoms with Crippen molar-refractivity contribution < 1.29 is 23.8 Å². The Hall–Kier alpha value is -2.80. The molecule has 0 amide bonds. The highest BCUT2D eigenvalue weighted by Crippen LogP contribution is 2.44. The lowest BCUT2D eigenvalue weighted by atomic mass is 9.79. The summed E-state index contributed by atoms with van der Waals surface area (Å²) in [5.41, 5.74) is 2.40. The molecular weight excluding hydrogens is 450 g/mol. The second-order valence-electron chi connectivity index (χ2n) is 7.60. The van der Waals surface area contributed by atoms with Crippen LogP contribution < -0.4 is 4.74 Å². The van der Waals surface area contributed by atoms with E-state index in [4.69, 9.17) is 14.2 Å². The first-order chi connectivity index (χ1) is 14.3. The van der Waals surface area contributed by atoms with Crippen molar-refractivity contribution in [1.29, 1.82) is 0 Å². The number of H-pyrrole nitrogens is 1. The number of esters is 2. The second kappa shape index (κ2) is 7.80. The van der Waals surface area contributed by atoms with Gasteiger partial charge in [0.05, 0.1) is 6.61 Å². The number of cyclic esters (lactones) is 2. The molecular formula is C23H22BrNO5. The summed E-state index contributed by atoms with van der Waals surface area (Å²) in [6.07, 6.45) is 1.83. The first-order valence-electron chi connectivity index (χ1n) is 9.74. The summed E-state index contributed by atoms with van der Waals surface area (Å²) in [5.74, 6) is -3.75. The first kappa shape index (κ1) is 20.5. The van der Waals surface area contributed by atoms with Crippen molar-refractivity contribution in [1.82, 2.24) is 4.98 Å². The van der Waals surface area contributed by atoms with E-state index in [9.17, 15) is 9.59 Å². The maximum Gasteiger partial charge on any atom is 0.324 e. The molecule has 0 bridgehead atoms. The Morgan fingerprint density at radius 2 is 1.80 bits per heavy atom. The number of nitrogens with one attached hydrogen (secondary N) is 1. The predicted molar refractivity (Wildman–Crippen MR) is 115 cm³/mol. The van der Waals surface area contributed by atoms with Gasteiger partial charge in [0.2, 0.25) is 0 Å². The van der Waals surface area contributed by atoms with Crippen LogP contribution in [-0.2, 0) is 19.1 Å². The summed E-state index contributed by atoms with van der Waals surface area (Å²) >= 11 is 3.51. The van der Waals surface area contributed by atoms with Crippen LogP contribution in [0.5, 0.6) is 5.75 Å². The number of hydrogen-bond acceptors (Lipinski definition) is 5. The number of fused-ring (bicyclic) bond motifs is 1. The number of aromatic nitrogens is 1. The molecule has 0 unspecified atom stereocenters. The molecule has 3 aromatic rings. The third-order valence-electron chi connectivity index (χ3n) is 5.10. The molecule has 6 nitrogen and oxygen atoms in total. The van der Waals surface area contributed by atoms with Crippen LogP contribution in [0.4, 0.5) is 0 Å². The Kier molecular flexibility index (Phi) is 5.32. The number of halogens is 1. The van der Waals surface area contributed by atoms with Crippen molar-refractivity contribution in [2.45, 2.75) is 32.5 Å². The lowest BCUT2D eigenvalue weighted by Crippen LogP contribution is -2.48. The molecule has 0 radical (unpaired) electrons. The number of carbonyl (C=O) groups excluding carboxylic acids is 2. The van der Waals surface area contributed by atoms with Crippen molar-refractivity contribution in [3.05, 3.63) is 64.3 Å². The standard InChI is InChI=1S/C23H22BrNO5/c1-4-28-18-10-9-13(24)11-15(18)19(16-12-25-17-8-6-5-7-14(16)17)20-21(26)29-23(2,3)30-22(20)27/h5-12,19-20,25H,4H2,1-3H3/t19-/m1/s1. The van der Waals surface area contributed by atoms with E-state index in [1.165, 1.54) is 0 Å². The van der Waals surface area contributed by atoms with Crippen molar-refractivity contribution in [3.63, 3.8) is 0 Å². The van der Waals surface area contributed by atoms with Gasteiger partial charge in [-0.2, -0.15) is 0 Å². The third-order valence-corrected chi connectivity index (χ3v) is 5.59. The summed E-state index contributed by atoms with van der Waals surface area (Å²) < 4.78 is 17.6. The molecule has 0 aliphatic carbocycles. The first-order valence-corrected chi connectivity index (χ1v) is 10.5. The van der Waals surface area contributed by atoms with Crippen molar-refractivity contribution in [3.8, 4) is 5.75 Å². The van der Waals surface area contributed by atoms with Gasteiger partial charge in [-0.3, -0.25) is 9.59 Å². The molecule has 1 saturated heterocycles. The predicted octanol–water partition coefficient (Wildman–Crippen LogP) is 4.91. The summed E-state index contributed by atoms with van der Waals surface area (Å²) in [5, 5.41) is 0.912. The number of carbonyl (C=O) groups is 2. The van der Waals surface area contributed by atoms with Crippen LogP contribution >= 0.6 is 15.9 Å². The molecule has 2 aromatic carbocycles. The molecule has 0 spiro atoms. The molecule has 1 aliphatic rings. The second-order valence-corrected chi connectivity index (χ2v) is 8.52. The van der Waals surface area contributed by atoms with Gasteiger partial charge in [-0.15, -0.1) is 0 Å². The van der Waals surface area contributed by atoms with E-state index in [-0.39, 0.29) is 0 Å². The SMILES string of the molecule is CCOc1ccc(Br)cc1[C@H](c1c[nH]c2ccccc12)C1C(=O)OC(C)(C)OC1=O. The lowest BCUT2D eigenvalue weighted by Gasteiger charge is -2.36. The third kappa shape index (κ3) is 3.69. The monoisotopic (exact) mass is 471 g/mol. The van der Waals surface area contributed by atoms with Gasteiger partial charge in [0.25, 0.3) is 5.79 Å². The van der Waals surface area contributed by atoms with Crippen molar-refractivity contribution >= 4 is 38.8 Å². The molecule has 156 valence electrons. The van der Waals surface area contributed by atoms with Crippen LogP contribution in [0.1, 0.15) is 37.8 Å². The Morgan fingerprint density at radius 3 is 2.50 bits per heavy atom. The van der Waals surface area contributed by atoms with E-state index in [0.717, 1.165) is 20.9 Å². The topological polar surface area (TPSA) is 77.6 Å². The highest BCUT2D eigenvalue weighted by Gasteiger charge is 2.49. The largest absolute Gasteiger partial charge is 0.494 e. The zero-order valence-electron chi connectivity index (χ0n) is 16.9. The van der Waals surface area contributed by atoms with Gasteiger partial charge in [0.1, 0.15) is 5.75 Å². The van der Waals surface area contributed by atoms with Crippen LogP contribution in [0.2, 0.25) is 0 Å².